The van der Waals surface area contributed by atoms with E-state index in [9.17, 15) is 4.91 Å². The number of nitrogens with zero attached hydrogens (tertiary/aromatic N) is 1. The zero-order valence-electron chi connectivity index (χ0n) is 20.3. The summed E-state index contributed by atoms with van der Waals surface area (Å²) in [4.78, 5) is 11.4. The fourth-order valence-corrected chi connectivity index (χ4v) is 9.84. The summed E-state index contributed by atoms with van der Waals surface area (Å²) < 4.78 is 0. The van der Waals surface area contributed by atoms with Crippen molar-refractivity contribution < 1.29 is 0 Å². The average Bonchev–Trinajstić information content (AvgIpc) is 3.05. The van der Waals surface area contributed by atoms with Gasteiger partial charge in [-0.05, 0) is 96.5 Å². The van der Waals surface area contributed by atoms with Gasteiger partial charge in [0.05, 0.1) is 0 Å². The zero-order valence-corrected chi connectivity index (χ0v) is 21.0. The maximum atomic E-state index is 12.2. The summed E-state index contributed by atoms with van der Waals surface area (Å²) in [6.07, 6.45) is 15.4. The molecule has 4 rings (SSSR count). The SMILES string of the molecule is CC(C)CCC[C@@H](C)[C@@H]1CC[C@@H]2[C@@H]3[C@H](CC[C@@]21C)[C@]1(C)CCCC[C@@H]1C[C@]3(Cl)N=O. The van der Waals surface area contributed by atoms with Crippen LogP contribution in [-0.2, 0) is 0 Å². The van der Waals surface area contributed by atoms with Gasteiger partial charge in [0.2, 0.25) is 0 Å². The van der Waals surface area contributed by atoms with E-state index in [2.05, 4.69) is 39.8 Å². The predicted molar refractivity (Wildman–Crippen MR) is 127 cm³/mol. The molecule has 2 nitrogen and oxygen atoms in total. The summed E-state index contributed by atoms with van der Waals surface area (Å²) in [6, 6.07) is 0. The van der Waals surface area contributed by atoms with E-state index in [0.29, 0.717) is 34.5 Å². The zero-order chi connectivity index (χ0) is 21.7. The Labute approximate surface area is 190 Å². The molecule has 0 aromatic carbocycles. The normalized spacial score (nSPS) is 49.2. The van der Waals surface area contributed by atoms with E-state index in [0.717, 1.165) is 24.2 Å². The first-order valence-electron chi connectivity index (χ1n) is 13.2. The highest BCUT2D eigenvalue weighted by Gasteiger charge is 2.67. The summed E-state index contributed by atoms with van der Waals surface area (Å²) >= 11 is 7.21. The lowest BCUT2D eigenvalue weighted by Crippen LogP contribution is -2.60. The summed E-state index contributed by atoms with van der Waals surface area (Å²) in [6.45, 7) is 12.3. The highest BCUT2D eigenvalue weighted by Crippen LogP contribution is 2.71. The molecule has 0 saturated heterocycles. The number of alkyl halides is 1. The Morgan fingerprint density at radius 3 is 2.37 bits per heavy atom. The van der Waals surface area contributed by atoms with Gasteiger partial charge in [-0.1, -0.05) is 78.3 Å². The quantitative estimate of drug-likeness (QED) is 0.232. The molecular formula is C27H46ClNO. The number of halogens is 1. The molecular weight excluding hydrogens is 390 g/mol. The maximum Gasteiger partial charge on any atom is 0.179 e. The highest BCUT2D eigenvalue weighted by molar-refractivity contribution is 6.24. The van der Waals surface area contributed by atoms with Gasteiger partial charge >= 0.3 is 0 Å². The van der Waals surface area contributed by atoms with Gasteiger partial charge in [-0.2, -0.15) is 0 Å². The minimum atomic E-state index is -0.853. The summed E-state index contributed by atoms with van der Waals surface area (Å²) in [5, 5.41) is 3.73. The molecule has 9 atom stereocenters. The van der Waals surface area contributed by atoms with E-state index in [-0.39, 0.29) is 0 Å². The third-order valence-corrected chi connectivity index (χ3v) is 11.4. The molecule has 0 aliphatic heterocycles. The Morgan fingerprint density at radius 1 is 0.933 bits per heavy atom. The lowest BCUT2D eigenvalue weighted by atomic mass is 9.43. The van der Waals surface area contributed by atoms with E-state index in [1.54, 1.807) is 0 Å². The van der Waals surface area contributed by atoms with Crippen LogP contribution in [0.25, 0.3) is 0 Å². The molecule has 4 aliphatic carbocycles. The van der Waals surface area contributed by atoms with Crippen LogP contribution in [0.5, 0.6) is 0 Å². The molecule has 4 saturated carbocycles. The number of nitroso groups, excluding NO2 is 1. The predicted octanol–water partition coefficient (Wildman–Crippen LogP) is 8.81. The second kappa shape index (κ2) is 8.35. The molecule has 0 heterocycles. The van der Waals surface area contributed by atoms with Crippen molar-refractivity contribution >= 4 is 11.6 Å². The summed E-state index contributed by atoms with van der Waals surface area (Å²) in [5.41, 5.74) is 0.732. The number of hydrogen-bond acceptors (Lipinski definition) is 2. The molecule has 4 fully saturated rings. The molecule has 0 aromatic rings. The van der Waals surface area contributed by atoms with Gasteiger partial charge in [-0.15, -0.1) is 4.91 Å². The Balaban J connectivity index is 1.59. The average molecular weight is 436 g/mol. The molecule has 172 valence electrons. The van der Waals surface area contributed by atoms with E-state index in [1.165, 1.54) is 70.6 Å². The van der Waals surface area contributed by atoms with Crippen LogP contribution in [-0.4, -0.2) is 5.00 Å². The van der Waals surface area contributed by atoms with E-state index in [1.807, 2.05) is 0 Å². The lowest BCUT2D eigenvalue weighted by molar-refractivity contribution is -0.131. The van der Waals surface area contributed by atoms with Crippen molar-refractivity contribution in [3.05, 3.63) is 4.91 Å². The highest BCUT2D eigenvalue weighted by atomic mass is 35.5. The molecule has 3 heteroatoms. The van der Waals surface area contributed by atoms with Crippen molar-refractivity contribution in [2.45, 2.75) is 117 Å². The van der Waals surface area contributed by atoms with Gasteiger partial charge in [0.15, 0.2) is 5.00 Å². The van der Waals surface area contributed by atoms with Crippen molar-refractivity contribution in [2.75, 3.05) is 0 Å². The largest absolute Gasteiger partial charge is 0.179 e. The van der Waals surface area contributed by atoms with Crippen molar-refractivity contribution in [3.63, 3.8) is 0 Å². The first-order chi connectivity index (χ1) is 14.2. The van der Waals surface area contributed by atoms with Crippen LogP contribution in [0.1, 0.15) is 112 Å². The molecule has 30 heavy (non-hydrogen) atoms. The van der Waals surface area contributed by atoms with Crippen molar-refractivity contribution in [1.29, 1.82) is 0 Å². The van der Waals surface area contributed by atoms with Crippen LogP contribution in [0.3, 0.4) is 0 Å². The maximum absolute atomic E-state index is 12.2. The second-order valence-electron chi connectivity index (χ2n) is 12.8. The summed E-state index contributed by atoms with van der Waals surface area (Å²) in [5.74, 6) is 4.46. The fourth-order valence-electron chi connectivity index (χ4n) is 9.35. The Kier molecular flexibility index (Phi) is 6.42. The van der Waals surface area contributed by atoms with Crippen LogP contribution in [0.2, 0.25) is 0 Å². The van der Waals surface area contributed by atoms with E-state index < -0.39 is 5.00 Å². The minimum absolute atomic E-state index is 0.294. The van der Waals surface area contributed by atoms with Crippen molar-refractivity contribution in [1.82, 2.24) is 0 Å². The molecule has 0 bridgehead atoms. The Morgan fingerprint density at radius 2 is 1.67 bits per heavy atom. The Bertz CT molecular complexity index is 636. The lowest BCUT2D eigenvalue weighted by Gasteiger charge is -2.63. The fraction of sp³-hybridized carbons (Fsp3) is 1.00. The molecule has 0 spiro atoms. The van der Waals surface area contributed by atoms with Crippen molar-refractivity contribution in [2.24, 2.45) is 57.4 Å². The van der Waals surface area contributed by atoms with Gasteiger partial charge in [0.1, 0.15) is 0 Å². The smallest absolute Gasteiger partial charge is 0.149 e. The molecule has 0 aromatic heterocycles. The molecule has 4 aliphatic rings. The molecule has 0 N–H and O–H groups in total. The van der Waals surface area contributed by atoms with Crippen molar-refractivity contribution in [3.8, 4) is 0 Å². The first-order valence-corrected chi connectivity index (χ1v) is 13.6. The van der Waals surface area contributed by atoms with Gasteiger partial charge in [0.25, 0.3) is 0 Å². The third-order valence-electron chi connectivity index (χ3n) is 11.0. The molecule has 0 unspecified atom stereocenters. The van der Waals surface area contributed by atoms with E-state index in [4.69, 9.17) is 11.6 Å². The van der Waals surface area contributed by atoms with Crippen LogP contribution < -0.4 is 0 Å². The van der Waals surface area contributed by atoms with E-state index >= 15 is 0 Å². The standard InChI is InChI=1S/C27H46ClNO/c1-18(2)9-8-10-19(3)21-12-13-22-24-23(14-16-26(21,22)5)25(4)15-7-6-11-20(25)17-27(24,28)29-30/h18-24H,6-17H2,1-5H3/t19-,20-,21+,22-,23+,24-,25-,26-,27+/m1/s1. The molecule has 0 amide bonds. The van der Waals surface area contributed by atoms with Crippen LogP contribution in [0.4, 0.5) is 0 Å². The van der Waals surface area contributed by atoms with Gasteiger partial charge in [0, 0.05) is 5.92 Å². The first kappa shape index (κ1) is 23.1. The van der Waals surface area contributed by atoms with Gasteiger partial charge in [-0.3, -0.25) is 0 Å². The van der Waals surface area contributed by atoms with Gasteiger partial charge in [-0.25, -0.2) is 0 Å². The minimum Gasteiger partial charge on any atom is -0.149 e. The number of fused-ring (bicyclic) bond motifs is 5. The number of hydrogen-bond donors (Lipinski definition) is 0. The monoisotopic (exact) mass is 435 g/mol. The van der Waals surface area contributed by atoms with Gasteiger partial charge < -0.3 is 0 Å². The Hall–Kier alpha value is -0.110. The third kappa shape index (κ3) is 3.60. The van der Waals surface area contributed by atoms with Crippen LogP contribution in [0.15, 0.2) is 5.18 Å². The molecule has 0 radical (unpaired) electrons. The second-order valence-corrected chi connectivity index (χ2v) is 13.5. The topological polar surface area (TPSA) is 29.4 Å². The van der Waals surface area contributed by atoms with Crippen LogP contribution >= 0.6 is 11.6 Å². The number of rotatable bonds is 6. The summed E-state index contributed by atoms with van der Waals surface area (Å²) in [7, 11) is 0. The van der Waals surface area contributed by atoms with Crippen LogP contribution in [0, 0.1) is 57.2 Å².